The Morgan fingerprint density at radius 3 is 2.55 bits per heavy atom. The molecule has 1 aliphatic rings. The molecule has 0 spiro atoms. The number of rotatable bonds is 4. The van der Waals surface area contributed by atoms with Crippen molar-refractivity contribution in [3.05, 3.63) is 41.9 Å². The van der Waals surface area contributed by atoms with E-state index in [1.165, 1.54) is 0 Å². The van der Waals surface area contributed by atoms with Gasteiger partial charge in [-0.15, -0.1) is 0 Å². The summed E-state index contributed by atoms with van der Waals surface area (Å²) >= 11 is 0. The summed E-state index contributed by atoms with van der Waals surface area (Å²) in [7, 11) is 0. The zero-order chi connectivity index (χ0) is 13.9. The van der Waals surface area contributed by atoms with Crippen molar-refractivity contribution in [1.82, 2.24) is 15.3 Å². The van der Waals surface area contributed by atoms with E-state index in [0.717, 1.165) is 41.6 Å². The van der Waals surface area contributed by atoms with Crippen molar-refractivity contribution >= 4 is 0 Å². The topological polar surface area (TPSA) is 47.0 Å². The third kappa shape index (κ3) is 2.65. The number of aromatic nitrogens is 2. The standard InChI is InChI=1S/C16H19N3O/c1-3-20-14-6-4-12(5-7-14)15-8-11(2)18-16(19-15)13-9-17-10-13/h4-8,13,17H,3,9-10H2,1-2H3. The number of nitrogens with one attached hydrogen (secondary N) is 1. The third-order valence-electron chi connectivity index (χ3n) is 3.48. The molecular weight excluding hydrogens is 250 g/mol. The molecule has 1 aromatic carbocycles. The van der Waals surface area contributed by atoms with Gasteiger partial charge in [-0.25, -0.2) is 9.97 Å². The molecule has 4 heteroatoms. The van der Waals surface area contributed by atoms with E-state index in [9.17, 15) is 0 Å². The molecule has 2 heterocycles. The second-order valence-corrected chi connectivity index (χ2v) is 5.07. The zero-order valence-electron chi connectivity index (χ0n) is 11.9. The highest BCUT2D eigenvalue weighted by Crippen LogP contribution is 2.24. The van der Waals surface area contributed by atoms with Crippen LogP contribution >= 0.6 is 0 Å². The largest absolute Gasteiger partial charge is 0.494 e. The van der Waals surface area contributed by atoms with Crippen LogP contribution in [0.2, 0.25) is 0 Å². The van der Waals surface area contributed by atoms with Crippen LogP contribution in [0.15, 0.2) is 30.3 Å². The second-order valence-electron chi connectivity index (χ2n) is 5.07. The van der Waals surface area contributed by atoms with Crippen LogP contribution in [0.25, 0.3) is 11.3 Å². The normalized spacial score (nSPS) is 14.9. The molecule has 0 radical (unpaired) electrons. The van der Waals surface area contributed by atoms with Crippen LogP contribution in [0.1, 0.15) is 24.4 Å². The molecule has 20 heavy (non-hydrogen) atoms. The van der Waals surface area contributed by atoms with Gasteiger partial charge in [0.15, 0.2) is 0 Å². The molecule has 0 aliphatic carbocycles. The molecule has 0 atom stereocenters. The molecule has 104 valence electrons. The summed E-state index contributed by atoms with van der Waals surface area (Å²) < 4.78 is 5.47. The summed E-state index contributed by atoms with van der Waals surface area (Å²) in [5.74, 6) is 2.30. The van der Waals surface area contributed by atoms with Crippen molar-refractivity contribution in [3.8, 4) is 17.0 Å². The van der Waals surface area contributed by atoms with Gasteiger partial charge in [0.05, 0.1) is 12.3 Å². The van der Waals surface area contributed by atoms with E-state index in [1.54, 1.807) is 0 Å². The Kier molecular flexibility index (Phi) is 3.65. The van der Waals surface area contributed by atoms with Gasteiger partial charge in [0.2, 0.25) is 0 Å². The summed E-state index contributed by atoms with van der Waals surface area (Å²) in [6.07, 6.45) is 0. The fourth-order valence-electron chi connectivity index (χ4n) is 2.28. The van der Waals surface area contributed by atoms with Gasteiger partial charge in [0.25, 0.3) is 0 Å². The SMILES string of the molecule is CCOc1ccc(-c2cc(C)nc(C3CNC3)n2)cc1. The first-order valence-electron chi connectivity index (χ1n) is 7.06. The minimum atomic E-state index is 0.455. The Labute approximate surface area is 119 Å². The summed E-state index contributed by atoms with van der Waals surface area (Å²) in [5.41, 5.74) is 3.11. The maximum Gasteiger partial charge on any atom is 0.134 e. The van der Waals surface area contributed by atoms with E-state index in [2.05, 4.69) is 22.4 Å². The Morgan fingerprint density at radius 1 is 1.20 bits per heavy atom. The maximum atomic E-state index is 5.47. The third-order valence-corrected chi connectivity index (χ3v) is 3.48. The summed E-state index contributed by atoms with van der Waals surface area (Å²) in [6.45, 7) is 6.65. The predicted molar refractivity (Wildman–Crippen MR) is 79.0 cm³/mol. The van der Waals surface area contributed by atoms with E-state index in [1.807, 2.05) is 32.0 Å². The highest BCUT2D eigenvalue weighted by molar-refractivity contribution is 5.60. The van der Waals surface area contributed by atoms with Gasteiger partial charge < -0.3 is 10.1 Å². The lowest BCUT2D eigenvalue weighted by atomic mass is 10.0. The lowest BCUT2D eigenvalue weighted by molar-refractivity contribution is 0.340. The minimum Gasteiger partial charge on any atom is -0.494 e. The number of aryl methyl sites for hydroxylation is 1. The predicted octanol–water partition coefficient (Wildman–Crippen LogP) is 2.54. The van der Waals surface area contributed by atoms with Crippen LogP contribution in [0.3, 0.4) is 0 Å². The molecule has 0 unspecified atom stereocenters. The van der Waals surface area contributed by atoms with E-state index in [4.69, 9.17) is 9.72 Å². The zero-order valence-corrected chi connectivity index (χ0v) is 11.9. The average molecular weight is 269 g/mol. The fourth-order valence-corrected chi connectivity index (χ4v) is 2.28. The Morgan fingerprint density at radius 2 is 1.95 bits per heavy atom. The number of nitrogens with zero attached hydrogens (tertiary/aromatic N) is 2. The fraction of sp³-hybridized carbons (Fsp3) is 0.375. The summed E-state index contributed by atoms with van der Waals surface area (Å²) in [5, 5.41) is 3.26. The van der Waals surface area contributed by atoms with Crippen molar-refractivity contribution in [3.63, 3.8) is 0 Å². The molecule has 1 saturated heterocycles. The van der Waals surface area contributed by atoms with Gasteiger partial charge in [-0.1, -0.05) is 0 Å². The molecule has 0 saturated carbocycles. The first kappa shape index (κ1) is 13.1. The molecule has 1 fully saturated rings. The van der Waals surface area contributed by atoms with E-state index >= 15 is 0 Å². The highest BCUT2D eigenvalue weighted by Gasteiger charge is 2.22. The van der Waals surface area contributed by atoms with E-state index < -0.39 is 0 Å². The molecule has 1 aromatic heterocycles. The van der Waals surface area contributed by atoms with Crippen LogP contribution in [-0.2, 0) is 0 Å². The molecule has 1 N–H and O–H groups in total. The van der Waals surface area contributed by atoms with Crippen molar-refractivity contribution in [2.75, 3.05) is 19.7 Å². The number of benzene rings is 1. The summed E-state index contributed by atoms with van der Waals surface area (Å²) in [4.78, 5) is 9.26. The molecule has 3 rings (SSSR count). The number of hydrogen-bond acceptors (Lipinski definition) is 4. The van der Waals surface area contributed by atoms with Crippen LogP contribution < -0.4 is 10.1 Å². The van der Waals surface area contributed by atoms with Crippen LogP contribution in [0.4, 0.5) is 0 Å². The van der Waals surface area contributed by atoms with Crippen molar-refractivity contribution < 1.29 is 4.74 Å². The first-order valence-corrected chi connectivity index (χ1v) is 7.06. The number of hydrogen-bond donors (Lipinski definition) is 1. The van der Waals surface area contributed by atoms with Gasteiger partial charge in [-0.2, -0.15) is 0 Å². The smallest absolute Gasteiger partial charge is 0.134 e. The van der Waals surface area contributed by atoms with Crippen molar-refractivity contribution in [2.45, 2.75) is 19.8 Å². The molecule has 4 nitrogen and oxygen atoms in total. The molecule has 1 aliphatic heterocycles. The quantitative estimate of drug-likeness (QED) is 0.926. The highest BCUT2D eigenvalue weighted by atomic mass is 16.5. The van der Waals surface area contributed by atoms with Gasteiger partial charge >= 0.3 is 0 Å². The monoisotopic (exact) mass is 269 g/mol. The maximum absolute atomic E-state index is 5.47. The number of ether oxygens (including phenoxy) is 1. The van der Waals surface area contributed by atoms with E-state index in [0.29, 0.717) is 12.5 Å². The van der Waals surface area contributed by atoms with Crippen LogP contribution in [0.5, 0.6) is 5.75 Å². The van der Waals surface area contributed by atoms with Gasteiger partial charge in [-0.05, 0) is 44.2 Å². The molecule has 0 amide bonds. The summed E-state index contributed by atoms with van der Waals surface area (Å²) in [6, 6.07) is 10.1. The van der Waals surface area contributed by atoms with Crippen LogP contribution in [-0.4, -0.2) is 29.7 Å². The Balaban J connectivity index is 1.90. The second kappa shape index (κ2) is 5.59. The lowest BCUT2D eigenvalue weighted by Crippen LogP contribution is -2.41. The molecule has 2 aromatic rings. The van der Waals surface area contributed by atoms with Crippen molar-refractivity contribution in [2.24, 2.45) is 0 Å². The van der Waals surface area contributed by atoms with Crippen LogP contribution in [0, 0.1) is 6.92 Å². The Bertz CT molecular complexity index is 591. The molecule has 0 bridgehead atoms. The average Bonchev–Trinajstić information content (AvgIpc) is 2.37. The van der Waals surface area contributed by atoms with Gasteiger partial charge in [-0.3, -0.25) is 0 Å². The lowest BCUT2D eigenvalue weighted by Gasteiger charge is -2.26. The van der Waals surface area contributed by atoms with Gasteiger partial charge in [0.1, 0.15) is 11.6 Å². The van der Waals surface area contributed by atoms with Crippen molar-refractivity contribution in [1.29, 1.82) is 0 Å². The minimum absolute atomic E-state index is 0.455. The van der Waals surface area contributed by atoms with Gasteiger partial charge in [0, 0.05) is 30.3 Å². The first-order chi connectivity index (χ1) is 9.76. The molecular formula is C16H19N3O. The van der Waals surface area contributed by atoms with E-state index in [-0.39, 0.29) is 0 Å². The Hall–Kier alpha value is -1.94.